The maximum Gasteiger partial charge on any atom is 0.308 e. The molecule has 0 saturated carbocycles. The number of benzene rings is 1. The Labute approximate surface area is 124 Å². The zero-order valence-electron chi connectivity index (χ0n) is 12.2. The number of carbonyl (C=O) groups excluding carboxylic acids is 1. The summed E-state index contributed by atoms with van der Waals surface area (Å²) in [5.74, 6) is -1.13. The molecule has 1 unspecified atom stereocenters. The third kappa shape index (κ3) is 3.09. The highest BCUT2D eigenvalue weighted by Crippen LogP contribution is 2.24. The SMILES string of the molecule is O=C(O)C1CCCN(C(=O)Cc2ccc3c(c2)CCC3)C1. The van der Waals surface area contributed by atoms with Gasteiger partial charge < -0.3 is 10.0 Å². The number of amides is 1. The molecule has 1 saturated heterocycles. The van der Waals surface area contributed by atoms with Crippen molar-refractivity contribution in [3.8, 4) is 0 Å². The summed E-state index contributed by atoms with van der Waals surface area (Å²) in [4.78, 5) is 25.2. The van der Waals surface area contributed by atoms with E-state index in [4.69, 9.17) is 5.11 Å². The number of hydrogen-bond donors (Lipinski definition) is 1. The number of fused-ring (bicyclic) bond motifs is 1. The Morgan fingerprint density at radius 3 is 2.81 bits per heavy atom. The molecule has 1 N–H and O–H groups in total. The monoisotopic (exact) mass is 287 g/mol. The fourth-order valence-electron chi connectivity index (χ4n) is 3.43. The van der Waals surface area contributed by atoms with Gasteiger partial charge >= 0.3 is 5.97 Å². The van der Waals surface area contributed by atoms with E-state index in [1.807, 2.05) is 6.07 Å². The molecule has 1 aromatic rings. The van der Waals surface area contributed by atoms with Gasteiger partial charge in [0.25, 0.3) is 0 Å². The Morgan fingerprint density at radius 1 is 1.19 bits per heavy atom. The second-order valence-corrected chi connectivity index (χ2v) is 6.15. The molecule has 0 radical (unpaired) electrons. The van der Waals surface area contributed by atoms with Gasteiger partial charge in [-0.2, -0.15) is 0 Å². The van der Waals surface area contributed by atoms with Gasteiger partial charge in [-0.05, 0) is 48.8 Å². The molecule has 4 nitrogen and oxygen atoms in total. The van der Waals surface area contributed by atoms with E-state index in [1.165, 1.54) is 17.5 Å². The molecule has 1 aromatic carbocycles. The van der Waals surface area contributed by atoms with Gasteiger partial charge in [0.1, 0.15) is 0 Å². The summed E-state index contributed by atoms with van der Waals surface area (Å²) in [6.07, 6.45) is 5.32. The Morgan fingerprint density at radius 2 is 2.00 bits per heavy atom. The minimum absolute atomic E-state index is 0.0545. The molecule has 4 heteroatoms. The number of nitrogens with zero attached hydrogens (tertiary/aromatic N) is 1. The smallest absolute Gasteiger partial charge is 0.308 e. The van der Waals surface area contributed by atoms with Crippen LogP contribution in [0.2, 0.25) is 0 Å². The van der Waals surface area contributed by atoms with Gasteiger partial charge in [0, 0.05) is 13.1 Å². The molecule has 1 heterocycles. The van der Waals surface area contributed by atoms with Crippen LogP contribution in [0.1, 0.15) is 36.0 Å². The van der Waals surface area contributed by atoms with Gasteiger partial charge in [0.2, 0.25) is 5.91 Å². The lowest BCUT2D eigenvalue weighted by Crippen LogP contribution is -2.43. The number of piperidine rings is 1. The summed E-state index contributed by atoms with van der Waals surface area (Å²) in [5, 5.41) is 9.10. The second kappa shape index (κ2) is 5.88. The van der Waals surface area contributed by atoms with Gasteiger partial charge in [0.15, 0.2) is 0 Å². The van der Waals surface area contributed by atoms with Crippen molar-refractivity contribution in [2.24, 2.45) is 5.92 Å². The van der Waals surface area contributed by atoms with Crippen LogP contribution in [-0.4, -0.2) is 35.0 Å². The summed E-state index contributed by atoms with van der Waals surface area (Å²) < 4.78 is 0. The highest BCUT2D eigenvalue weighted by atomic mass is 16.4. The molecule has 1 fully saturated rings. The highest BCUT2D eigenvalue weighted by molar-refractivity contribution is 5.80. The molecule has 2 aliphatic rings. The molecule has 0 bridgehead atoms. The maximum absolute atomic E-state index is 12.4. The number of aryl methyl sites for hydroxylation is 2. The number of rotatable bonds is 3. The quantitative estimate of drug-likeness (QED) is 0.925. The summed E-state index contributed by atoms with van der Waals surface area (Å²) in [6, 6.07) is 6.33. The summed E-state index contributed by atoms with van der Waals surface area (Å²) in [5.41, 5.74) is 3.84. The molecule has 1 aliphatic carbocycles. The first-order valence-electron chi connectivity index (χ1n) is 7.75. The molecule has 0 spiro atoms. The first-order chi connectivity index (χ1) is 10.1. The fraction of sp³-hybridized carbons (Fsp3) is 0.529. The third-order valence-electron chi connectivity index (χ3n) is 4.64. The summed E-state index contributed by atoms with van der Waals surface area (Å²) >= 11 is 0. The minimum Gasteiger partial charge on any atom is -0.481 e. The molecular weight excluding hydrogens is 266 g/mol. The van der Waals surface area contributed by atoms with E-state index in [-0.39, 0.29) is 5.91 Å². The molecule has 1 aliphatic heterocycles. The van der Waals surface area contributed by atoms with Crippen molar-refractivity contribution >= 4 is 11.9 Å². The van der Waals surface area contributed by atoms with Crippen molar-refractivity contribution in [3.05, 3.63) is 34.9 Å². The molecule has 0 aromatic heterocycles. The van der Waals surface area contributed by atoms with Crippen molar-refractivity contribution in [3.63, 3.8) is 0 Å². The standard InChI is InChI=1S/C17H21NO3/c19-16(18-8-2-5-15(11-18)17(20)21)10-12-6-7-13-3-1-4-14(13)9-12/h6-7,9,15H,1-5,8,10-11H2,(H,20,21). The van der Waals surface area contributed by atoms with E-state index in [2.05, 4.69) is 12.1 Å². The molecule has 1 atom stereocenters. The van der Waals surface area contributed by atoms with E-state index in [0.29, 0.717) is 25.9 Å². The normalized spacial score (nSPS) is 21.1. The number of carboxylic acids is 1. The average molecular weight is 287 g/mol. The van der Waals surface area contributed by atoms with Crippen LogP contribution in [-0.2, 0) is 28.9 Å². The molecular formula is C17H21NO3. The second-order valence-electron chi connectivity index (χ2n) is 6.15. The van der Waals surface area contributed by atoms with Crippen molar-refractivity contribution in [2.45, 2.75) is 38.5 Å². The number of aliphatic carboxylic acids is 1. The lowest BCUT2D eigenvalue weighted by molar-refractivity contribution is -0.145. The Kier molecular flexibility index (Phi) is 3.95. The van der Waals surface area contributed by atoms with Crippen LogP contribution in [0.25, 0.3) is 0 Å². The Balaban J connectivity index is 1.64. The van der Waals surface area contributed by atoms with Gasteiger partial charge in [-0.3, -0.25) is 9.59 Å². The van der Waals surface area contributed by atoms with Crippen LogP contribution in [0.15, 0.2) is 18.2 Å². The fourth-order valence-corrected chi connectivity index (χ4v) is 3.43. The van der Waals surface area contributed by atoms with Gasteiger partial charge in [-0.25, -0.2) is 0 Å². The topological polar surface area (TPSA) is 57.6 Å². The van der Waals surface area contributed by atoms with E-state index >= 15 is 0 Å². The lowest BCUT2D eigenvalue weighted by atomic mass is 9.97. The average Bonchev–Trinajstić information content (AvgIpc) is 2.95. The predicted octanol–water partition coefficient (Wildman–Crippen LogP) is 2.04. The summed E-state index contributed by atoms with van der Waals surface area (Å²) in [7, 11) is 0. The van der Waals surface area contributed by atoms with Gasteiger partial charge in [-0.15, -0.1) is 0 Å². The number of carbonyl (C=O) groups is 2. The summed E-state index contributed by atoms with van der Waals surface area (Å²) in [6.45, 7) is 1.05. The minimum atomic E-state index is -0.787. The van der Waals surface area contributed by atoms with E-state index in [0.717, 1.165) is 24.8 Å². The number of hydrogen-bond acceptors (Lipinski definition) is 2. The third-order valence-corrected chi connectivity index (χ3v) is 4.64. The molecule has 21 heavy (non-hydrogen) atoms. The van der Waals surface area contributed by atoms with Gasteiger partial charge in [0.05, 0.1) is 12.3 Å². The largest absolute Gasteiger partial charge is 0.481 e. The van der Waals surface area contributed by atoms with Crippen LogP contribution >= 0.6 is 0 Å². The van der Waals surface area contributed by atoms with Crippen molar-refractivity contribution in [1.29, 1.82) is 0 Å². The first-order valence-corrected chi connectivity index (χ1v) is 7.75. The van der Waals surface area contributed by atoms with Crippen LogP contribution < -0.4 is 0 Å². The molecule has 1 amide bonds. The number of likely N-dealkylation sites (tertiary alicyclic amines) is 1. The number of carboxylic acid groups (broad SMARTS) is 1. The zero-order chi connectivity index (χ0) is 14.8. The lowest BCUT2D eigenvalue weighted by Gasteiger charge is -2.30. The van der Waals surface area contributed by atoms with E-state index in [9.17, 15) is 9.59 Å². The van der Waals surface area contributed by atoms with E-state index < -0.39 is 11.9 Å². The first kappa shape index (κ1) is 14.1. The van der Waals surface area contributed by atoms with Crippen LogP contribution in [0, 0.1) is 5.92 Å². The highest BCUT2D eigenvalue weighted by Gasteiger charge is 2.28. The van der Waals surface area contributed by atoms with Crippen LogP contribution in [0.5, 0.6) is 0 Å². The molecule has 3 rings (SSSR count). The zero-order valence-corrected chi connectivity index (χ0v) is 12.2. The van der Waals surface area contributed by atoms with Crippen molar-refractivity contribution in [2.75, 3.05) is 13.1 Å². The van der Waals surface area contributed by atoms with Crippen molar-refractivity contribution < 1.29 is 14.7 Å². The van der Waals surface area contributed by atoms with E-state index in [1.54, 1.807) is 4.90 Å². The van der Waals surface area contributed by atoms with Crippen LogP contribution in [0.3, 0.4) is 0 Å². The Bertz CT molecular complexity index is 567. The van der Waals surface area contributed by atoms with Crippen molar-refractivity contribution in [1.82, 2.24) is 4.90 Å². The Hall–Kier alpha value is -1.84. The van der Waals surface area contributed by atoms with Gasteiger partial charge in [-0.1, -0.05) is 18.2 Å². The maximum atomic E-state index is 12.4. The molecule has 112 valence electrons. The predicted molar refractivity (Wildman–Crippen MR) is 79.1 cm³/mol. The van der Waals surface area contributed by atoms with Crippen LogP contribution in [0.4, 0.5) is 0 Å².